The molecule has 122 valence electrons. The highest BCUT2D eigenvalue weighted by Gasteiger charge is 2.12. The molecule has 0 unspecified atom stereocenters. The summed E-state index contributed by atoms with van der Waals surface area (Å²) < 4.78 is 6.85. The largest absolute Gasteiger partial charge is 0.507 e. The Kier molecular flexibility index (Phi) is 4.42. The lowest BCUT2D eigenvalue weighted by Crippen LogP contribution is -2.23. The third-order valence-electron chi connectivity index (χ3n) is 3.48. The lowest BCUT2D eigenvalue weighted by atomic mass is 10.1. The smallest absolute Gasteiger partial charge is 0.255 e. The second kappa shape index (κ2) is 6.82. The Labute approximate surface area is 138 Å². The van der Waals surface area contributed by atoms with E-state index in [1.807, 2.05) is 12.1 Å². The Hall–Kier alpha value is -3.35. The minimum Gasteiger partial charge on any atom is -0.507 e. The molecule has 0 bridgehead atoms. The van der Waals surface area contributed by atoms with Crippen LogP contribution >= 0.6 is 0 Å². The van der Waals surface area contributed by atoms with Gasteiger partial charge in [-0.15, -0.1) is 0 Å². The van der Waals surface area contributed by atoms with Gasteiger partial charge < -0.3 is 15.2 Å². The molecule has 0 fully saturated rings. The van der Waals surface area contributed by atoms with E-state index in [9.17, 15) is 9.90 Å². The number of pyridine rings is 1. The SMILES string of the molecule is COc1ccc(O)c(C(=O)NCc2ccc(-n3ccnc3)nc2)c1. The fraction of sp³-hybridized carbons (Fsp3) is 0.118. The van der Waals surface area contributed by atoms with E-state index in [-0.39, 0.29) is 17.2 Å². The van der Waals surface area contributed by atoms with E-state index in [2.05, 4.69) is 15.3 Å². The van der Waals surface area contributed by atoms with Crippen LogP contribution in [0, 0.1) is 0 Å². The molecule has 1 amide bonds. The van der Waals surface area contributed by atoms with Gasteiger partial charge in [-0.3, -0.25) is 9.36 Å². The van der Waals surface area contributed by atoms with Gasteiger partial charge in [-0.05, 0) is 29.8 Å². The summed E-state index contributed by atoms with van der Waals surface area (Å²) in [6.07, 6.45) is 6.82. The molecule has 0 radical (unpaired) electrons. The zero-order chi connectivity index (χ0) is 16.9. The maximum Gasteiger partial charge on any atom is 0.255 e. The maximum absolute atomic E-state index is 12.2. The number of nitrogens with zero attached hydrogens (tertiary/aromatic N) is 3. The third-order valence-corrected chi connectivity index (χ3v) is 3.48. The van der Waals surface area contributed by atoms with Gasteiger partial charge in [0.1, 0.15) is 23.6 Å². The molecule has 2 heterocycles. The van der Waals surface area contributed by atoms with E-state index in [0.717, 1.165) is 11.4 Å². The van der Waals surface area contributed by atoms with E-state index >= 15 is 0 Å². The highest BCUT2D eigenvalue weighted by atomic mass is 16.5. The molecule has 2 aromatic heterocycles. The van der Waals surface area contributed by atoms with Crippen molar-refractivity contribution in [3.8, 4) is 17.3 Å². The number of benzene rings is 1. The lowest BCUT2D eigenvalue weighted by Gasteiger charge is -2.09. The number of rotatable bonds is 5. The first-order chi connectivity index (χ1) is 11.7. The van der Waals surface area contributed by atoms with E-state index in [1.165, 1.54) is 19.2 Å². The summed E-state index contributed by atoms with van der Waals surface area (Å²) in [5.74, 6) is 0.768. The molecule has 24 heavy (non-hydrogen) atoms. The van der Waals surface area contributed by atoms with Gasteiger partial charge in [0.15, 0.2) is 0 Å². The summed E-state index contributed by atoms with van der Waals surface area (Å²) in [4.78, 5) is 20.5. The predicted octanol–water partition coefficient (Wildman–Crippen LogP) is 1.91. The molecule has 7 heteroatoms. The first-order valence-corrected chi connectivity index (χ1v) is 7.26. The lowest BCUT2D eigenvalue weighted by molar-refractivity contribution is 0.0948. The second-order valence-electron chi connectivity index (χ2n) is 5.06. The number of ether oxygens (including phenoxy) is 1. The van der Waals surface area contributed by atoms with Crippen LogP contribution in [0.1, 0.15) is 15.9 Å². The fourth-order valence-corrected chi connectivity index (χ4v) is 2.17. The molecule has 7 nitrogen and oxygen atoms in total. The first-order valence-electron chi connectivity index (χ1n) is 7.26. The number of aromatic nitrogens is 3. The number of phenols is 1. The monoisotopic (exact) mass is 324 g/mol. The summed E-state index contributed by atoms with van der Waals surface area (Å²) >= 11 is 0. The summed E-state index contributed by atoms with van der Waals surface area (Å²) in [6.45, 7) is 0.298. The molecular weight excluding hydrogens is 308 g/mol. The van der Waals surface area contributed by atoms with Gasteiger partial charge in [-0.2, -0.15) is 0 Å². The van der Waals surface area contributed by atoms with Crippen LogP contribution in [0.4, 0.5) is 0 Å². The number of carbonyl (C=O) groups excluding carboxylic acids is 1. The summed E-state index contributed by atoms with van der Waals surface area (Å²) in [6, 6.07) is 8.21. The summed E-state index contributed by atoms with van der Waals surface area (Å²) in [5, 5.41) is 12.6. The number of amides is 1. The van der Waals surface area contributed by atoms with Crippen LogP contribution in [0.3, 0.4) is 0 Å². The number of phenolic OH excluding ortho intramolecular Hbond substituents is 1. The minimum atomic E-state index is -0.384. The number of hydrogen-bond donors (Lipinski definition) is 2. The van der Waals surface area contributed by atoms with Crippen molar-refractivity contribution in [2.75, 3.05) is 7.11 Å². The molecule has 0 aliphatic carbocycles. The van der Waals surface area contributed by atoms with Crippen molar-refractivity contribution in [1.82, 2.24) is 19.9 Å². The average molecular weight is 324 g/mol. The van der Waals surface area contributed by atoms with Crippen LogP contribution in [-0.4, -0.2) is 32.7 Å². The van der Waals surface area contributed by atoms with Crippen molar-refractivity contribution in [1.29, 1.82) is 0 Å². The fourth-order valence-electron chi connectivity index (χ4n) is 2.17. The Bertz CT molecular complexity index is 830. The molecule has 2 N–H and O–H groups in total. The van der Waals surface area contributed by atoms with E-state index in [0.29, 0.717) is 12.3 Å². The number of imidazole rings is 1. The zero-order valence-electron chi connectivity index (χ0n) is 13.0. The molecule has 1 aromatic carbocycles. The van der Waals surface area contributed by atoms with Crippen molar-refractivity contribution in [2.45, 2.75) is 6.54 Å². The van der Waals surface area contributed by atoms with Gasteiger partial charge >= 0.3 is 0 Å². The van der Waals surface area contributed by atoms with Crippen molar-refractivity contribution >= 4 is 5.91 Å². The normalized spacial score (nSPS) is 10.4. The molecule has 0 aliphatic rings. The molecule has 3 rings (SSSR count). The number of nitrogens with one attached hydrogen (secondary N) is 1. The number of aromatic hydroxyl groups is 1. The van der Waals surface area contributed by atoms with Gasteiger partial charge in [-0.25, -0.2) is 9.97 Å². The second-order valence-corrected chi connectivity index (χ2v) is 5.06. The zero-order valence-corrected chi connectivity index (χ0v) is 13.0. The molecule has 0 saturated carbocycles. The standard InChI is InChI=1S/C17H16N4O3/c1-24-13-3-4-15(22)14(8-13)17(23)20-10-12-2-5-16(19-9-12)21-7-6-18-11-21/h2-9,11,22H,10H2,1H3,(H,20,23). The van der Waals surface area contributed by atoms with Gasteiger partial charge in [0.05, 0.1) is 12.7 Å². The Morgan fingerprint density at radius 2 is 2.21 bits per heavy atom. The topological polar surface area (TPSA) is 89.3 Å². The van der Waals surface area contributed by atoms with E-state index in [1.54, 1.807) is 35.6 Å². The van der Waals surface area contributed by atoms with E-state index < -0.39 is 0 Å². The van der Waals surface area contributed by atoms with Crippen LogP contribution < -0.4 is 10.1 Å². The van der Waals surface area contributed by atoms with Gasteiger partial charge in [0.2, 0.25) is 0 Å². The highest BCUT2D eigenvalue weighted by molar-refractivity contribution is 5.97. The molecular formula is C17H16N4O3. The van der Waals surface area contributed by atoms with Crippen LogP contribution in [0.2, 0.25) is 0 Å². The summed E-state index contributed by atoms with van der Waals surface area (Å²) in [7, 11) is 1.50. The maximum atomic E-state index is 12.2. The molecule has 0 aliphatic heterocycles. The highest BCUT2D eigenvalue weighted by Crippen LogP contribution is 2.22. The third kappa shape index (κ3) is 3.35. The van der Waals surface area contributed by atoms with Crippen LogP contribution in [0.15, 0.2) is 55.2 Å². The van der Waals surface area contributed by atoms with Gasteiger partial charge in [-0.1, -0.05) is 6.07 Å². The van der Waals surface area contributed by atoms with Crippen molar-refractivity contribution < 1.29 is 14.6 Å². The Balaban J connectivity index is 1.66. The summed E-state index contributed by atoms with van der Waals surface area (Å²) in [5.41, 5.74) is 1.01. The Morgan fingerprint density at radius 1 is 1.33 bits per heavy atom. The molecule has 3 aromatic rings. The van der Waals surface area contributed by atoms with E-state index in [4.69, 9.17) is 4.74 Å². The molecule has 0 atom stereocenters. The van der Waals surface area contributed by atoms with Gasteiger partial charge in [0.25, 0.3) is 5.91 Å². The minimum absolute atomic E-state index is 0.0955. The first kappa shape index (κ1) is 15.5. The van der Waals surface area contributed by atoms with Crippen molar-refractivity contribution in [2.24, 2.45) is 0 Å². The average Bonchev–Trinajstić information content (AvgIpc) is 3.15. The predicted molar refractivity (Wildman–Crippen MR) is 87.2 cm³/mol. The number of hydrogen-bond acceptors (Lipinski definition) is 5. The quantitative estimate of drug-likeness (QED) is 0.748. The van der Waals surface area contributed by atoms with Crippen LogP contribution in [0.5, 0.6) is 11.5 Å². The van der Waals surface area contributed by atoms with Crippen molar-refractivity contribution in [3.05, 3.63) is 66.4 Å². The Morgan fingerprint density at radius 3 is 2.88 bits per heavy atom. The number of methoxy groups -OCH3 is 1. The molecule has 0 saturated heterocycles. The van der Waals surface area contributed by atoms with Gasteiger partial charge in [0, 0.05) is 25.1 Å². The molecule has 0 spiro atoms. The number of carbonyl (C=O) groups is 1. The van der Waals surface area contributed by atoms with Crippen LogP contribution in [-0.2, 0) is 6.54 Å². The van der Waals surface area contributed by atoms with Crippen LogP contribution in [0.25, 0.3) is 5.82 Å². The van der Waals surface area contributed by atoms with Crippen molar-refractivity contribution in [3.63, 3.8) is 0 Å².